The fourth-order valence-corrected chi connectivity index (χ4v) is 3.59. The Labute approximate surface area is 155 Å². The first-order valence-electron chi connectivity index (χ1n) is 8.56. The Morgan fingerprint density at radius 3 is 2.65 bits per heavy atom. The topological polar surface area (TPSA) is 68.3 Å². The molecule has 2 aromatic carbocycles. The minimum absolute atomic E-state index is 0.215. The monoisotopic (exact) mass is 372 g/mol. The number of thioether (sulfide) groups is 1. The zero-order valence-corrected chi connectivity index (χ0v) is 15.2. The average molecular weight is 372 g/mol. The molecule has 0 radical (unpaired) electrons. The molecule has 3 N–H and O–H groups in total. The van der Waals surface area contributed by atoms with Gasteiger partial charge in [-0.25, -0.2) is 4.39 Å². The van der Waals surface area contributed by atoms with Gasteiger partial charge in [-0.15, -0.1) is 11.8 Å². The lowest BCUT2D eigenvalue weighted by Gasteiger charge is -2.06. The van der Waals surface area contributed by atoms with Gasteiger partial charge in [0.2, 0.25) is 0 Å². The van der Waals surface area contributed by atoms with Crippen LogP contribution in [0.4, 0.5) is 4.39 Å². The van der Waals surface area contributed by atoms with E-state index >= 15 is 0 Å². The van der Waals surface area contributed by atoms with Crippen molar-refractivity contribution in [2.45, 2.75) is 23.5 Å². The van der Waals surface area contributed by atoms with Crippen LogP contribution in [0.2, 0.25) is 0 Å². The first-order chi connectivity index (χ1) is 12.7. The second-order valence-corrected chi connectivity index (χ2v) is 6.95. The summed E-state index contributed by atoms with van der Waals surface area (Å²) >= 11 is 1.54. The molecule has 0 aliphatic rings. The highest BCUT2D eigenvalue weighted by Gasteiger charge is 2.20. The molecule has 0 saturated heterocycles. The molecule has 0 atom stereocenters. The Morgan fingerprint density at radius 1 is 1.12 bits per heavy atom. The van der Waals surface area contributed by atoms with Crippen LogP contribution < -0.4 is 11.1 Å². The van der Waals surface area contributed by atoms with E-state index in [1.54, 1.807) is 23.9 Å². The summed E-state index contributed by atoms with van der Waals surface area (Å²) in [5.74, 6) is 0.427. The molecule has 1 amide bonds. The molecule has 4 nitrogen and oxygen atoms in total. The maximum atomic E-state index is 13.1. The molecule has 1 aromatic heterocycles. The van der Waals surface area contributed by atoms with E-state index in [4.69, 9.17) is 10.2 Å². The van der Waals surface area contributed by atoms with E-state index in [1.165, 1.54) is 12.1 Å². The largest absolute Gasteiger partial charge is 0.451 e. The van der Waals surface area contributed by atoms with Crippen molar-refractivity contribution in [1.29, 1.82) is 0 Å². The van der Waals surface area contributed by atoms with Crippen LogP contribution in [0.25, 0.3) is 11.0 Å². The highest BCUT2D eigenvalue weighted by Crippen LogP contribution is 2.32. The van der Waals surface area contributed by atoms with Gasteiger partial charge < -0.3 is 15.5 Å². The summed E-state index contributed by atoms with van der Waals surface area (Å²) in [6.07, 6.45) is 1.70. The van der Waals surface area contributed by atoms with Gasteiger partial charge in [0.25, 0.3) is 5.91 Å². The third-order valence-electron chi connectivity index (χ3n) is 4.02. The van der Waals surface area contributed by atoms with Gasteiger partial charge in [-0.3, -0.25) is 4.79 Å². The van der Waals surface area contributed by atoms with Crippen molar-refractivity contribution in [3.05, 3.63) is 65.7 Å². The predicted molar refractivity (Wildman–Crippen MR) is 103 cm³/mol. The molecule has 1 heterocycles. The van der Waals surface area contributed by atoms with Crippen LogP contribution in [0.15, 0.2) is 57.8 Å². The summed E-state index contributed by atoms with van der Waals surface area (Å²) in [7, 11) is 0. The van der Waals surface area contributed by atoms with Crippen molar-refractivity contribution >= 4 is 28.6 Å². The summed E-state index contributed by atoms with van der Waals surface area (Å²) in [6, 6.07) is 13.9. The number of para-hydroxylation sites is 1. The lowest BCUT2D eigenvalue weighted by molar-refractivity contribution is 0.0926. The first-order valence-corrected chi connectivity index (χ1v) is 9.54. The number of hydrogen-bond donors (Lipinski definition) is 2. The number of carbonyl (C=O) groups excluding carboxylic acids is 1. The second kappa shape index (κ2) is 8.87. The van der Waals surface area contributed by atoms with Gasteiger partial charge in [0.05, 0.1) is 0 Å². The summed E-state index contributed by atoms with van der Waals surface area (Å²) in [4.78, 5) is 13.5. The van der Waals surface area contributed by atoms with Crippen molar-refractivity contribution in [3.8, 4) is 0 Å². The highest BCUT2D eigenvalue weighted by atomic mass is 32.2. The van der Waals surface area contributed by atoms with Gasteiger partial charge in [-0.05, 0) is 49.7 Å². The Balaban J connectivity index is 1.80. The number of nitrogens with two attached hydrogens (primary N) is 1. The minimum Gasteiger partial charge on any atom is -0.451 e. The number of rotatable bonds is 8. The van der Waals surface area contributed by atoms with Crippen molar-refractivity contribution in [3.63, 3.8) is 0 Å². The van der Waals surface area contributed by atoms with E-state index in [0.717, 1.165) is 28.7 Å². The average Bonchev–Trinajstić information content (AvgIpc) is 3.03. The molecule has 0 fully saturated rings. The van der Waals surface area contributed by atoms with E-state index < -0.39 is 0 Å². The molecule has 26 heavy (non-hydrogen) atoms. The molecule has 3 aromatic rings. The summed E-state index contributed by atoms with van der Waals surface area (Å²) in [5, 5.41) is 3.82. The highest BCUT2D eigenvalue weighted by molar-refractivity contribution is 7.98. The fraction of sp³-hybridized carbons (Fsp3) is 0.250. The minimum atomic E-state index is -0.263. The summed E-state index contributed by atoms with van der Waals surface area (Å²) in [6.45, 7) is 1.18. The van der Waals surface area contributed by atoms with E-state index in [1.807, 2.05) is 24.3 Å². The van der Waals surface area contributed by atoms with Crippen LogP contribution in [0, 0.1) is 5.82 Å². The van der Waals surface area contributed by atoms with Crippen LogP contribution in [0.3, 0.4) is 0 Å². The Kier molecular flexibility index (Phi) is 6.30. The molecule has 0 unspecified atom stereocenters. The maximum Gasteiger partial charge on any atom is 0.287 e. The van der Waals surface area contributed by atoms with Crippen LogP contribution in [0.5, 0.6) is 0 Å². The molecular weight excluding hydrogens is 351 g/mol. The molecule has 0 aliphatic heterocycles. The van der Waals surface area contributed by atoms with Crippen molar-refractivity contribution in [2.75, 3.05) is 13.1 Å². The molecule has 6 heteroatoms. The predicted octanol–water partition coefficient (Wildman–Crippen LogP) is 4.33. The number of benzene rings is 2. The fourth-order valence-electron chi connectivity index (χ4n) is 2.66. The standard InChI is InChI=1S/C20H21FN2O2S/c21-14-7-9-15(10-8-14)26-13-17-16-5-1-2-6-18(16)25-19(17)20(24)23-12-4-3-11-22/h1-2,5-10H,3-4,11-13,22H2,(H,23,24). The Morgan fingerprint density at radius 2 is 1.88 bits per heavy atom. The molecule has 0 aliphatic carbocycles. The van der Waals surface area contributed by atoms with E-state index in [2.05, 4.69) is 5.32 Å². The summed E-state index contributed by atoms with van der Waals surface area (Å²) in [5.41, 5.74) is 7.02. The zero-order chi connectivity index (χ0) is 18.4. The smallest absolute Gasteiger partial charge is 0.287 e. The van der Waals surface area contributed by atoms with Crippen LogP contribution in [0.1, 0.15) is 29.0 Å². The molecule has 3 rings (SSSR count). The van der Waals surface area contributed by atoms with Gasteiger partial charge in [0, 0.05) is 28.1 Å². The van der Waals surface area contributed by atoms with Gasteiger partial charge >= 0.3 is 0 Å². The Bertz CT molecular complexity index is 877. The van der Waals surface area contributed by atoms with E-state index in [9.17, 15) is 9.18 Å². The number of unbranched alkanes of at least 4 members (excludes halogenated alkanes) is 1. The normalized spacial score (nSPS) is 11.0. The number of nitrogens with one attached hydrogen (secondary N) is 1. The van der Waals surface area contributed by atoms with Gasteiger partial charge in [0.15, 0.2) is 5.76 Å². The lowest BCUT2D eigenvalue weighted by Crippen LogP contribution is -2.25. The third-order valence-corrected chi connectivity index (χ3v) is 5.06. The van der Waals surface area contributed by atoms with Crippen LogP contribution >= 0.6 is 11.8 Å². The quantitative estimate of drug-likeness (QED) is 0.456. The first kappa shape index (κ1) is 18.5. The Hall–Kier alpha value is -2.31. The molecular formula is C20H21FN2O2S. The van der Waals surface area contributed by atoms with E-state index in [0.29, 0.717) is 30.2 Å². The van der Waals surface area contributed by atoms with Crippen molar-refractivity contribution in [2.24, 2.45) is 5.73 Å². The van der Waals surface area contributed by atoms with Crippen molar-refractivity contribution < 1.29 is 13.6 Å². The summed E-state index contributed by atoms with van der Waals surface area (Å²) < 4.78 is 18.9. The zero-order valence-electron chi connectivity index (χ0n) is 14.3. The lowest BCUT2D eigenvalue weighted by atomic mass is 10.1. The number of furan rings is 1. The molecule has 0 spiro atoms. The number of carbonyl (C=O) groups is 1. The number of amides is 1. The number of halogens is 1. The van der Waals surface area contributed by atoms with E-state index in [-0.39, 0.29) is 11.7 Å². The van der Waals surface area contributed by atoms with Crippen LogP contribution in [-0.4, -0.2) is 19.0 Å². The van der Waals surface area contributed by atoms with Gasteiger partial charge in [-0.1, -0.05) is 18.2 Å². The van der Waals surface area contributed by atoms with Crippen LogP contribution in [-0.2, 0) is 5.75 Å². The second-order valence-electron chi connectivity index (χ2n) is 5.90. The molecule has 136 valence electrons. The number of hydrogen-bond acceptors (Lipinski definition) is 4. The number of fused-ring (bicyclic) bond motifs is 1. The molecule has 0 bridgehead atoms. The SMILES string of the molecule is NCCCCNC(=O)c1oc2ccccc2c1CSc1ccc(F)cc1. The van der Waals surface area contributed by atoms with Gasteiger partial charge in [-0.2, -0.15) is 0 Å². The maximum absolute atomic E-state index is 13.1. The third kappa shape index (κ3) is 4.45. The van der Waals surface area contributed by atoms with Gasteiger partial charge in [0.1, 0.15) is 11.4 Å². The molecule has 0 saturated carbocycles. The van der Waals surface area contributed by atoms with Crippen molar-refractivity contribution in [1.82, 2.24) is 5.32 Å².